The summed E-state index contributed by atoms with van der Waals surface area (Å²) in [5.41, 5.74) is 7.69. The van der Waals surface area contributed by atoms with E-state index in [-0.39, 0.29) is 11.9 Å². The maximum Gasteiger partial charge on any atom is 0.224 e. The Bertz CT molecular complexity index is 363. The number of benzene rings is 1. The van der Waals surface area contributed by atoms with Crippen molar-refractivity contribution >= 4 is 5.91 Å². The molecule has 0 aliphatic carbocycles. The highest BCUT2D eigenvalue weighted by Gasteiger charge is 2.07. The van der Waals surface area contributed by atoms with E-state index >= 15 is 0 Å². The molecule has 0 saturated heterocycles. The summed E-state index contributed by atoms with van der Waals surface area (Å²) in [4.78, 5) is 11.8. The quantitative estimate of drug-likeness (QED) is 0.788. The molecule has 0 saturated carbocycles. The third-order valence-corrected chi connectivity index (χ3v) is 2.70. The molecule has 0 bridgehead atoms. The van der Waals surface area contributed by atoms with Gasteiger partial charge in [0.2, 0.25) is 5.91 Å². The molecule has 1 amide bonds. The molecule has 3 N–H and O–H groups in total. The highest BCUT2D eigenvalue weighted by molar-refractivity contribution is 5.78. The average Bonchev–Trinajstić information content (AvgIpc) is 2.26. The molecule has 0 heterocycles. The monoisotopic (exact) mass is 234 g/mol. The van der Waals surface area contributed by atoms with Gasteiger partial charge < -0.3 is 11.1 Å². The molecule has 0 fully saturated rings. The van der Waals surface area contributed by atoms with Gasteiger partial charge in [0.1, 0.15) is 0 Å². The first kappa shape index (κ1) is 13.7. The normalized spacial score (nSPS) is 12.2. The van der Waals surface area contributed by atoms with Crippen LogP contribution in [0.1, 0.15) is 30.9 Å². The molecule has 3 nitrogen and oxygen atoms in total. The van der Waals surface area contributed by atoms with Crippen molar-refractivity contribution in [1.82, 2.24) is 5.32 Å². The van der Waals surface area contributed by atoms with Crippen molar-refractivity contribution in [3.63, 3.8) is 0 Å². The summed E-state index contributed by atoms with van der Waals surface area (Å²) in [6, 6.07) is 8.25. The number of amides is 1. The molecule has 1 unspecified atom stereocenters. The number of carbonyl (C=O) groups excluding carboxylic acids is 1. The number of hydrogen-bond acceptors (Lipinski definition) is 2. The number of rotatable bonds is 6. The minimum atomic E-state index is 0.0834. The zero-order valence-corrected chi connectivity index (χ0v) is 10.7. The van der Waals surface area contributed by atoms with Crippen LogP contribution in [0.3, 0.4) is 0 Å². The zero-order chi connectivity index (χ0) is 12.7. The summed E-state index contributed by atoms with van der Waals surface area (Å²) in [6.45, 7) is 4.73. The summed E-state index contributed by atoms with van der Waals surface area (Å²) in [5, 5.41) is 2.99. The van der Waals surface area contributed by atoms with Gasteiger partial charge in [-0.05, 0) is 38.8 Å². The second-order valence-corrected chi connectivity index (χ2v) is 4.57. The maximum atomic E-state index is 11.8. The zero-order valence-electron chi connectivity index (χ0n) is 10.7. The van der Waals surface area contributed by atoms with Gasteiger partial charge in [-0.3, -0.25) is 4.79 Å². The topological polar surface area (TPSA) is 55.1 Å². The van der Waals surface area contributed by atoms with Crippen LogP contribution in [-0.4, -0.2) is 18.5 Å². The van der Waals surface area contributed by atoms with Gasteiger partial charge in [-0.15, -0.1) is 0 Å². The second kappa shape index (κ2) is 7.07. The second-order valence-electron chi connectivity index (χ2n) is 4.57. The largest absolute Gasteiger partial charge is 0.353 e. The van der Waals surface area contributed by atoms with Gasteiger partial charge >= 0.3 is 0 Å². The van der Waals surface area contributed by atoms with Crippen molar-refractivity contribution in [2.75, 3.05) is 6.54 Å². The molecular formula is C14H22N2O. The predicted molar refractivity (Wildman–Crippen MR) is 70.8 cm³/mol. The summed E-state index contributed by atoms with van der Waals surface area (Å²) in [5.74, 6) is 0.0834. The van der Waals surface area contributed by atoms with Gasteiger partial charge in [0.15, 0.2) is 0 Å². The van der Waals surface area contributed by atoms with Crippen LogP contribution in [0.2, 0.25) is 0 Å². The standard InChI is InChI=1S/C14H22N2O/c1-11-5-3-7-13(9-11)10-14(17)16-12(2)6-4-8-15/h3,5,7,9,12H,4,6,8,10,15H2,1-2H3,(H,16,17). The van der Waals surface area contributed by atoms with Crippen molar-refractivity contribution in [2.45, 2.75) is 39.2 Å². The van der Waals surface area contributed by atoms with Crippen LogP contribution in [0.15, 0.2) is 24.3 Å². The molecule has 0 radical (unpaired) electrons. The van der Waals surface area contributed by atoms with Crippen molar-refractivity contribution in [3.8, 4) is 0 Å². The van der Waals surface area contributed by atoms with Crippen molar-refractivity contribution in [3.05, 3.63) is 35.4 Å². The third kappa shape index (κ3) is 5.50. The van der Waals surface area contributed by atoms with E-state index in [2.05, 4.69) is 5.32 Å². The lowest BCUT2D eigenvalue weighted by molar-refractivity contribution is -0.121. The van der Waals surface area contributed by atoms with E-state index in [1.165, 1.54) is 5.56 Å². The maximum absolute atomic E-state index is 11.8. The Labute approximate surface area is 103 Å². The lowest BCUT2D eigenvalue weighted by Gasteiger charge is -2.13. The Balaban J connectivity index is 2.39. The molecule has 17 heavy (non-hydrogen) atoms. The van der Waals surface area contributed by atoms with Gasteiger partial charge in [0, 0.05) is 6.04 Å². The van der Waals surface area contributed by atoms with Gasteiger partial charge in [0.05, 0.1) is 6.42 Å². The lowest BCUT2D eigenvalue weighted by atomic mass is 10.1. The molecule has 0 aliphatic rings. The van der Waals surface area contributed by atoms with E-state index in [1.54, 1.807) is 0 Å². The summed E-state index contributed by atoms with van der Waals surface area (Å²) < 4.78 is 0. The fraction of sp³-hybridized carbons (Fsp3) is 0.500. The van der Waals surface area contributed by atoms with Crippen LogP contribution < -0.4 is 11.1 Å². The molecular weight excluding hydrogens is 212 g/mol. The Morgan fingerprint density at radius 1 is 1.47 bits per heavy atom. The van der Waals surface area contributed by atoms with Gasteiger partial charge in [-0.2, -0.15) is 0 Å². The average molecular weight is 234 g/mol. The van der Waals surface area contributed by atoms with Gasteiger partial charge in [-0.25, -0.2) is 0 Å². The molecule has 0 spiro atoms. The Morgan fingerprint density at radius 2 is 2.24 bits per heavy atom. The molecule has 1 rings (SSSR count). The van der Waals surface area contributed by atoms with Crippen LogP contribution in [-0.2, 0) is 11.2 Å². The number of nitrogens with one attached hydrogen (secondary N) is 1. The summed E-state index contributed by atoms with van der Waals surface area (Å²) >= 11 is 0. The van der Waals surface area contributed by atoms with Crippen LogP contribution in [0.4, 0.5) is 0 Å². The minimum absolute atomic E-state index is 0.0834. The van der Waals surface area contributed by atoms with Crippen molar-refractivity contribution < 1.29 is 4.79 Å². The van der Waals surface area contributed by atoms with E-state index in [0.29, 0.717) is 13.0 Å². The smallest absolute Gasteiger partial charge is 0.224 e. The number of aryl methyl sites for hydroxylation is 1. The van der Waals surface area contributed by atoms with Crippen LogP contribution in [0, 0.1) is 6.92 Å². The first-order valence-electron chi connectivity index (χ1n) is 6.17. The van der Waals surface area contributed by atoms with E-state index in [1.807, 2.05) is 38.1 Å². The SMILES string of the molecule is Cc1cccc(CC(=O)NC(C)CCCN)c1. The van der Waals surface area contributed by atoms with E-state index in [9.17, 15) is 4.79 Å². The third-order valence-electron chi connectivity index (χ3n) is 2.70. The summed E-state index contributed by atoms with van der Waals surface area (Å²) in [6.07, 6.45) is 2.34. The molecule has 1 aromatic carbocycles. The summed E-state index contributed by atoms with van der Waals surface area (Å²) in [7, 11) is 0. The molecule has 94 valence electrons. The lowest BCUT2D eigenvalue weighted by Crippen LogP contribution is -2.34. The van der Waals surface area contributed by atoms with Crippen LogP contribution in [0.25, 0.3) is 0 Å². The van der Waals surface area contributed by atoms with Crippen LogP contribution >= 0.6 is 0 Å². The molecule has 3 heteroatoms. The van der Waals surface area contributed by atoms with Crippen LogP contribution in [0.5, 0.6) is 0 Å². The highest BCUT2D eigenvalue weighted by atomic mass is 16.1. The molecule has 1 aromatic rings. The van der Waals surface area contributed by atoms with E-state index in [4.69, 9.17) is 5.73 Å². The van der Waals surface area contributed by atoms with E-state index in [0.717, 1.165) is 18.4 Å². The highest BCUT2D eigenvalue weighted by Crippen LogP contribution is 2.05. The first-order chi connectivity index (χ1) is 8.11. The molecule has 0 aliphatic heterocycles. The fourth-order valence-corrected chi connectivity index (χ4v) is 1.83. The molecule has 0 aromatic heterocycles. The van der Waals surface area contributed by atoms with Crippen molar-refractivity contribution in [2.24, 2.45) is 5.73 Å². The molecule has 1 atom stereocenters. The predicted octanol–water partition coefficient (Wildman–Crippen LogP) is 1.78. The number of hydrogen-bond donors (Lipinski definition) is 2. The first-order valence-corrected chi connectivity index (χ1v) is 6.17. The Morgan fingerprint density at radius 3 is 2.88 bits per heavy atom. The Hall–Kier alpha value is -1.35. The fourth-order valence-electron chi connectivity index (χ4n) is 1.83. The van der Waals surface area contributed by atoms with Gasteiger partial charge in [0.25, 0.3) is 0 Å². The number of nitrogens with two attached hydrogens (primary N) is 1. The van der Waals surface area contributed by atoms with E-state index < -0.39 is 0 Å². The Kier molecular flexibility index (Phi) is 5.70. The minimum Gasteiger partial charge on any atom is -0.353 e. The van der Waals surface area contributed by atoms with Gasteiger partial charge in [-0.1, -0.05) is 29.8 Å². The number of carbonyl (C=O) groups is 1. The van der Waals surface area contributed by atoms with Crippen molar-refractivity contribution in [1.29, 1.82) is 0 Å².